The number of hydrogen-bond donors (Lipinski definition) is 1. The second-order valence-corrected chi connectivity index (χ2v) is 9.40. The van der Waals surface area contributed by atoms with Gasteiger partial charge in [-0.25, -0.2) is 8.42 Å². The molecule has 1 heterocycles. The van der Waals surface area contributed by atoms with Gasteiger partial charge in [-0.05, 0) is 50.2 Å². The van der Waals surface area contributed by atoms with Crippen molar-refractivity contribution in [2.24, 2.45) is 0 Å². The molecule has 0 aliphatic carbocycles. The van der Waals surface area contributed by atoms with Crippen LogP contribution in [-0.4, -0.2) is 25.1 Å². The highest BCUT2D eigenvalue weighted by Gasteiger charge is 2.34. The van der Waals surface area contributed by atoms with Crippen LogP contribution in [0.15, 0.2) is 53.4 Å². The van der Waals surface area contributed by atoms with E-state index in [1.165, 1.54) is 47.0 Å². The molecular formula is C21H18ClF3N2O3S. The Morgan fingerprint density at radius 1 is 1.06 bits per heavy atom. The minimum absolute atomic E-state index is 0.0510. The number of aryl methyl sites for hydroxylation is 1. The number of nitrogens with one attached hydrogen (secondary N) is 1. The molecule has 3 rings (SSSR count). The second kappa shape index (κ2) is 8.05. The fourth-order valence-corrected chi connectivity index (χ4v) is 4.68. The maximum Gasteiger partial charge on any atom is 0.418 e. The predicted octanol–water partition coefficient (Wildman–Crippen LogP) is 5.42. The molecule has 0 bridgehead atoms. The molecule has 5 nitrogen and oxygen atoms in total. The number of anilines is 1. The molecule has 0 spiro atoms. The lowest BCUT2D eigenvalue weighted by Crippen LogP contribution is -2.15. The third-order valence-corrected chi connectivity index (χ3v) is 6.30. The summed E-state index contributed by atoms with van der Waals surface area (Å²) in [6.45, 7) is 3.16. The first-order chi connectivity index (χ1) is 14.3. The van der Waals surface area contributed by atoms with Gasteiger partial charge >= 0.3 is 6.18 Å². The maximum absolute atomic E-state index is 13.5. The van der Waals surface area contributed by atoms with Crippen LogP contribution >= 0.6 is 11.6 Å². The molecule has 1 amide bonds. The molecule has 0 radical (unpaired) electrons. The SMILES string of the molecule is Cc1cc(C(=O)Nc2ccc(S(C)(=O)=O)c(Cl)c2)c(C)n1-c1ccccc1C(F)(F)F. The van der Waals surface area contributed by atoms with Crippen LogP contribution < -0.4 is 5.32 Å². The summed E-state index contributed by atoms with van der Waals surface area (Å²) in [6, 6.07) is 10.6. The molecule has 0 unspecified atom stereocenters. The van der Waals surface area contributed by atoms with Crippen molar-refractivity contribution in [3.8, 4) is 5.69 Å². The Balaban J connectivity index is 1.99. The summed E-state index contributed by atoms with van der Waals surface area (Å²) in [5, 5.41) is 2.55. The molecule has 0 saturated heterocycles. The number of carbonyl (C=O) groups is 1. The van der Waals surface area contributed by atoms with E-state index in [4.69, 9.17) is 11.6 Å². The number of carbonyl (C=O) groups excluding carboxylic acids is 1. The number of halogens is 4. The topological polar surface area (TPSA) is 68.2 Å². The molecule has 10 heteroatoms. The summed E-state index contributed by atoms with van der Waals surface area (Å²) in [4.78, 5) is 12.7. The van der Waals surface area contributed by atoms with Crippen LogP contribution in [0.4, 0.5) is 18.9 Å². The van der Waals surface area contributed by atoms with Crippen molar-refractivity contribution in [2.45, 2.75) is 24.9 Å². The number of nitrogens with zero attached hydrogens (tertiary/aromatic N) is 1. The fourth-order valence-electron chi connectivity index (χ4n) is 3.35. The molecule has 1 N–H and O–H groups in total. The second-order valence-electron chi connectivity index (χ2n) is 7.01. The smallest absolute Gasteiger partial charge is 0.322 e. The Bertz CT molecular complexity index is 1280. The molecular weight excluding hydrogens is 453 g/mol. The highest BCUT2D eigenvalue weighted by atomic mass is 35.5. The summed E-state index contributed by atoms with van der Waals surface area (Å²) < 4.78 is 65.1. The van der Waals surface area contributed by atoms with Crippen LogP contribution in [0.3, 0.4) is 0 Å². The predicted molar refractivity (Wildman–Crippen MR) is 113 cm³/mol. The van der Waals surface area contributed by atoms with E-state index < -0.39 is 27.5 Å². The van der Waals surface area contributed by atoms with Crippen LogP contribution in [0.5, 0.6) is 0 Å². The molecule has 2 aromatic carbocycles. The summed E-state index contributed by atoms with van der Waals surface area (Å²) in [5.74, 6) is -0.563. The van der Waals surface area contributed by atoms with Gasteiger partial charge in [-0.3, -0.25) is 4.79 Å². The number of amides is 1. The first-order valence-corrected chi connectivity index (χ1v) is 11.2. The third-order valence-electron chi connectivity index (χ3n) is 4.72. The lowest BCUT2D eigenvalue weighted by Gasteiger charge is -2.17. The number of hydrogen-bond acceptors (Lipinski definition) is 3. The number of benzene rings is 2. The van der Waals surface area contributed by atoms with Crippen LogP contribution in [0.2, 0.25) is 5.02 Å². The molecule has 1 aromatic heterocycles. The van der Waals surface area contributed by atoms with Gasteiger partial charge in [0.15, 0.2) is 9.84 Å². The quantitative estimate of drug-likeness (QED) is 0.553. The van der Waals surface area contributed by atoms with E-state index >= 15 is 0 Å². The lowest BCUT2D eigenvalue weighted by atomic mass is 10.1. The van der Waals surface area contributed by atoms with Crippen molar-refractivity contribution in [2.75, 3.05) is 11.6 Å². The van der Waals surface area contributed by atoms with Gasteiger partial charge in [-0.1, -0.05) is 23.7 Å². The molecule has 0 atom stereocenters. The molecule has 0 aliphatic rings. The first kappa shape index (κ1) is 22.9. The van der Waals surface area contributed by atoms with Gasteiger partial charge < -0.3 is 9.88 Å². The zero-order valence-corrected chi connectivity index (χ0v) is 18.3. The number of alkyl halides is 3. The molecule has 3 aromatic rings. The van der Waals surface area contributed by atoms with Gasteiger partial charge in [0.1, 0.15) is 0 Å². The third kappa shape index (κ3) is 4.62. The van der Waals surface area contributed by atoms with Gasteiger partial charge in [0, 0.05) is 23.3 Å². The van der Waals surface area contributed by atoms with E-state index in [1.807, 2.05) is 0 Å². The van der Waals surface area contributed by atoms with Crippen molar-refractivity contribution in [1.82, 2.24) is 4.57 Å². The highest BCUT2D eigenvalue weighted by Crippen LogP contribution is 2.35. The number of para-hydroxylation sites is 1. The summed E-state index contributed by atoms with van der Waals surface area (Å²) in [7, 11) is -3.53. The number of sulfone groups is 1. The Morgan fingerprint density at radius 2 is 1.71 bits per heavy atom. The van der Waals surface area contributed by atoms with Gasteiger partial charge in [0.05, 0.1) is 26.7 Å². The van der Waals surface area contributed by atoms with Crippen molar-refractivity contribution in [3.63, 3.8) is 0 Å². The van der Waals surface area contributed by atoms with E-state index in [-0.39, 0.29) is 26.9 Å². The minimum atomic E-state index is -4.56. The largest absolute Gasteiger partial charge is 0.418 e. The first-order valence-electron chi connectivity index (χ1n) is 8.97. The average molecular weight is 471 g/mol. The molecule has 0 fully saturated rings. The monoisotopic (exact) mass is 470 g/mol. The molecule has 164 valence electrons. The Labute approximate surface area is 182 Å². The van der Waals surface area contributed by atoms with Crippen LogP contribution in [0.25, 0.3) is 5.69 Å². The lowest BCUT2D eigenvalue weighted by molar-refractivity contribution is -0.137. The average Bonchev–Trinajstić information content (AvgIpc) is 2.94. The zero-order chi connectivity index (χ0) is 23.1. The van der Waals surface area contributed by atoms with Gasteiger partial charge in [0.25, 0.3) is 5.91 Å². The van der Waals surface area contributed by atoms with Gasteiger partial charge in [0.2, 0.25) is 0 Å². The fraction of sp³-hybridized carbons (Fsp3) is 0.190. The summed E-state index contributed by atoms with van der Waals surface area (Å²) >= 11 is 6.00. The minimum Gasteiger partial charge on any atom is -0.322 e. The Kier molecular flexibility index (Phi) is 5.94. The molecule has 31 heavy (non-hydrogen) atoms. The molecule has 0 saturated carbocycles. The van der Waals surface area contributed by atoms with E-state index in [9.17, 15) is 26.4 Å². The van der Waals surface area contributed by atoms with E-state index in [0.29, 0.717) is 11.4 Å². The molecule has 0 aliphatic heterocycles. The Morgan fingerprint density at radius 3 is 2.29 bits per heavy atom. The van der Waals surface area contributed by atoms with E-state index in [2.05, 4.69) is 5.32 Å². The van der Waals surface area contributed by atoms with Crippen LogP contribution in [-0.2, 0) is 16.0 Å². The summed E-state index contributed by atoms with van der Waals surface area (Å²) in [6.07, 6.45) is -3.54. The number of rotatable bonds is 4. The van der Waals surface area contributed by atoms with Crippen molar-refractivity contribution >= 4 is 33.0 Å². The van der Waals surface area contributed by atoms with E-state index in [0.717, 1.165) is 12.3 Å². The van der Waals surface area contributed by atoms with Crippen molar-refractivity contribution in [1.29, 1.82) is 0 Å². The normalized spacial score (nSPS) is 12.1. The van der Waals surface area contributed by atoms with Crippen molar-refractivity contribution in [3.05, 3.63) is 76.1 Å². The highest BCUT2D eigenvalue weighted by molar-refractivity contribution is 7.90. The number of aromatic nitrogens is 1. The standard InChI is InChI=1S/C21H18ClF3N2O3S/c1-12-10-15(13(2)27(12)18-7-5-4-6-16(18)21(23,24)25)20(28)26-14-8-9-19(17(22)11-14)31(3,29)30/h4-11H,1-3H3,(H,26,28). The maximum atomic E-state index is 13.5. The Hall–Kier alpha value is -2.78. The zero-order valence-electron chi connectivity index (χ0n) is 16.7. The van der Waals surface area contributed by atoms with Gasteiger partial charge in [-0.15, -0.1) is 0 Å². The van der Waals surface area contributed by atoms with Gasteiger partial charge in [-0.2, -0.15) is 13.2 Å². The van der Waals surface area contributed by atoms with Crippen molar-refractivity contribution < 1.29 is 26.4 Å². The van der Waals surface area contributed by atoms with Crippen LogP contribution in [0, 0.1) is 13.8 Å². The van der Waals surface area contributed by atoms with E-state index in [1.54, 1.807) is 13.8 Å². The van der Waals surface area contributed by atoms with Crippen LogP contribution in [0.1, 0.15) is 27.3 Å². The summed E-state index contributed by atoms with van der Waals surface area (Å²) in [5.41, 5.74) is 0.313.